The molecule has 222 valence electrons. The van der Waals surface area contributed by atoms with Gasteiger partial charge in [-0.1, -0.05) is 60.7 Å². The van der Waals surface area contributed by atoms with Crippen LogP contribution >= 0.6 is 0 Å². The lowest BCUT2D eigenvalue weighted by Crippen LogP contribution is -2.50. The van der Waals surface area contributed by atoms with Crippen LogP contribution in [0.1, 0.15) is 77.1 Å². The summed E-state index contributed by atoms with van der Waals surface area (Å²) < 4.78 is 16.5. The van der Waals surface area contributed by atoms with Crippen molar-refractivity contribution in [1.82, 2.24) is 10.4 Å². The highest BCUT2D eigenvalue weighted by atomic mass is 16.6. The van der Waals surface area contributed by atoms with Gasteiger partial charge in [0.1, 0.15) is 17.8 Å². The van der Waals surface area contributed by atoms with E-state index < -0.39 is 35.5 Å². The summed E-state index contributed by atoms with van der Waals surface area (Å²) in [7, 11) is 0. The standard InChI is InChI=1S/C33H39N3O6/c1-21(36(31(39)42-33(5,6)7)35-30(38)41-32(2,3)4)22-16-18-23(19-17-22)34-29(37)40-20-28-26-14-10-8-12-24(26)25-13-9-11-15-27(25)28/h8-19,21,28H,20H2,1-7H3,(H,34,37)(H,35,38). The van der Waals surface area contributed by atoms with Gasteiger partial charge in [-0.25, -0.2) is 24.8 Å². The molecule has 0 aromatic heterocycles. The number of anilines is 1. The van der Waals surface area contributed by atoms with E-state index in [1.165, 1.54) is 0 Å². The fourth-order valence-corrected chi connectivity index (χ4v) is 4.76. The number of nitrogens with zero attached hydrogens (tertiary/aromatic N) is 1. The monoisotopic (exact) mass is 573 g/mol. The van der Waals surface area contributed by atoms with Gasteiger partial charge in [-0.3, -0.25) is 5.32 Å². The van der Waals surface area contributed by atoms with Crippen molar-refractivity contribution in [1.29, 1.82) is 0 Å². The molecule has 0 bridgehead atoms. The minimum Gasteiger partial charge on any atom is -0.448 e. The van der Waals surface area contributed by atoms with Crippen molar-refractivity contribution in [2.75, 3.05) is 11.9 Å². The first-order chi connectivity index (χ1) is 19.7. The summed E-state index contributed by atoms with van der Waals surface area (Å²) in [5.41, 5.74) is 6.79. The molecule has 0 spiro atoms. The largest absolute Gasteiger partial charge is 0.448 e. The predicted octanol–water partition coefficient (Wildman–Crippen LogP) is 7.79. The van der Waals surface area contributed by atoms with Crippen LogP contribution in [0.5, 0.6) is 0 Å². The van der Waals surface area contributed by atoms with Gasteiger partial charge in [-0.2, -0.15) is 0 Å². The third-order valence-corrected chi connectivity index (χ3v) is 6.57. The van der Waals surface area contributed by atoms with E-state index in [0.717, 1.165) is 27.3 Å². The second-order valence-electron chi connectivity index (χ2n) is 12.2. The summed E-state index contributed by atoms with van der Waals surface area (Å²) in [4.78, 5) is 38.2. The zero-order valence-corrected chi connectivity index (χ0v) is 25.2. The van der Waals surface area contributed by atoms with Gasteiger partial charge in [0.05, 0.1) is 6.04 Å². The third kappa shape index (κ3) is 7.60. The molecule has 3 amide bonds. The Morgan fingerprint density at radius 2 is 1.29 bits per heavy atom. The van der Waals surface area contributed by atoms with Gasteiger partial charge in [-0.05, 0) is 88.4 Å². The number of hydrazine groups is 1. The summed E-state index contributed by atoms with van der Waals surface area (Å²) in [6, 6.07) is 22.6. The molecule has 9 heteroatoms. The highest BCUT2D eigenvalue weighted by molar-refractivity contribution is 5.85. The summed E-state index contributed by atoms with van der Waals surface area (Å²) in [5.74, 6) is -0.0392. The van der Waals surface area contributed by atoms with E-state index in [4.69, 9.17) is 14.2 Å². The average molecular weight is 574 g/mol. The van der Waals surface area contributed by atoms with Crippen LogP contribution < -0.4 is 10.7 Å². The Hall–Kier alpha value is -4.53. The lowest BCUT2D eigenvalue weighted by molar-refractivity contribution is -0.00804. The number of hydrogen-bond acceptors (Lipinski definition) is 6. The first kappa shape index (κ1) is 30.4. The third-order valence-electron chi connectivity index (χ3n) is 6.57. The van der Waals surface area contributed by atoms with Crippen LogP contribution in [0.4, 0.5) is 20.1 Å². The second kappa shape index (κ2) is 12.1. The summed E-state index contributed by atoms with van der Waals surface area (Å²) in [5, 5.41) is 3.86. The number of carbonyl (C=O) groups is 3. The normalized spacial score (nSPS) is 13.3. The van der Waals surface area contributed by atoms with Gasteiger partial charge in [0.2, 0.25) is 0 Å². The Balaban J connectivity index is 1.40. The van der Waals surface area contributed by atoms with Gasteiger partial charge >= 0.3 is 18.3 Å². The topological polar surface area (TPSA) is 106 Å². The zero-order chi connectivity index (χ0) is 30.7. The number of rotatable bonds is 5. The fourth-order valence-electron chi connectivity index (χ4n) is 4.76. The van der Waals surface area contributed by atoms with Gasteiger partial charge in [0, 0.05) is 11.6 Å². The van der Waals surface area contributed by atoms with Crippen molar-refractivity contribution in [3.8, 4) is 11.1 Å². The number of carbonyl (C=O) groups excluding carboxylic acids is 3. The van der Waals surface area contributed by atoms with E-state index in [9.17, 15) is 14.4 Å². The molecule has 0 heterocycles. The Bertz CT molecular complexity index is 1390. The number of fused-ring (bicyclic) bond motifs is 3. The molecule has 42 heavy (non-hydrogen) atoms. The minimum atomic E-state index is -0.784. The lowest BCUT2D eigenvalue weighted by Gasteiger charge is -2.32. The predicted molar refractivity (Wildman–Crippen MR) is 161 cm³/mol. The van der Waals surface area contributed by atoms with Crippen molar-refractivity contribution in [2.45, 2.75) is 71.6 Å². The van der Waals surface area contributed by atoms with E-state index >= 15 is 0 Å². The Kier molecular flexibility index (Phi) is 8.80. The van der Waals surface area contributed by atoms with Crippen molar-refractivity contribution in [3.05, 3.63) is 89.5 Å². The molecule has 0 aliphatic heterocycles. The van der Waals surface area contributed by atoms with E-state index in [2.05, 4.69) is 35.0 Å². The Morgan fingerprint density at radius 3 is 1.81 bits per heavy atom. The van der Waals surface area contributed by atoms with Gasteiger partial charge < -0.3 is 14.2 Å². The van der Waals surface area contributed by atoms with Crippen LogP contribution in [0.2, 0.25) is 0 Å². The molecule has 0 saturated heterocycles. The number of nitrogens with one attached hydrogen (secondary N) is 2. The molecule has 0 fully saturated rings. The highest BCUT2D eigenvalue weighted by Crippen LogP contribution is 2.44. The molecule has 1 atom stereocenters. The van der Waals surface area contributed by atoms with Crippen LogP contribution in [-0.4, -0.2) is 41.1 Å². The number of ether oxygens (including phenoxy) is 3. The molecule has 1 aliphatic rings. The number of benzene rings is 3. The smallest absolute Gasteiger partial charge is 0.429 e. The van der Waals surface area contributed by atoms with E-state index in [-0.39, 0.29) is 12.5 Å². The molecule has 0 radical (unpaired) electrons. The van der Waals surface area contributed by atoms with Crippen LogP contribution in [0.3, 0.4) is 0 Å². The van der Waals surface area contributed by atoms with Crippen LogP contribution in [0.15, 0.2) is 72.8 Å². The minimum absolute atomic E-state index is 0.0392. The van der Waals surface area contributed by atoms with E-state index in [1.54, 1.807) is 72.7 Å². The quantitative estimate of drug-likeness (QED) is 0.238. The molecule has 3 aromatic carbocycles. The molecular weight excluding hydrogens is 534 g/mol. The molecule has 4 rings (SSSR count). The van der Waals surface area contributed by atoms with Gasteiger partial charge in [0.25, 0.3) is 0 Å². The molecule has 1 unspecified atom stereocenters. The van der Waals surface area contributed by atoms with E-state index in [1.807, 2.05) is 24.3 Å². The summed E-state index contributed by atoms with van der Waals surface area (Å²) in [6.07, 6.45) is -2.09. The van der Waals surface area contributed by atoms with Crippen molar-refractivity contribution >= 4 is 24.0 Å². The molecule has 3 aromatic rings. The molecule has 1 aliphatic carbocycles. The Labute approximate surface area is 247 Å². The molecule has 0 saturated carbocycles. The molecule has 9 nitrogen and oxygen atoms in total. The second-order valence-corrected chi connectivity index (χ2v) is 12.2. The number of amides is 3. The lowest BCUT2D eigenvalue weighted by atomic mass is 9.98. The van der Waals surface area contributed by atoms with E-state index in [0.29, 0.717) is 11.3 Å². The van der Waals surface area contributed by atoms with Crippen molar-refractivity contribution < 1.29 is 28.6 Å². The zero-order valence-electron chi connectivity index (χ0n) is 25.2. The maximum atomic E-state index is 13.0. The van der Waals surface area contributed by atoms with Crippen LogP contribution in [0, 0.1) is 0 Å². The summed E-state index contributed by atoms with van der Waals surface area (Å²) in [6.45, 7) is 12.4. The maximum Gasteiger partial charge on any atom is 0.429 e. The maximum absolute atomic E-state index is 13.0. The van der Waals surface area contributed by atoms with Gasteiger partial charge in [-0.15, -0.1) is 0 Å². The van der Waals surface area contributed by atoms with Crippen LogP contribution in [-0.2, 0) is 14.2 Å². The summed E-state index contributed by atoms with van der Waals surface area (Å²) >= 11 is 0. The molecule has 2 N–H and O–H groups in total. The number of hydrogen-bond donors (Lipinski definition) is 2. The first-order valence-electron chi connectivity index (χ1n) is 14.0. The first-order valence-corrected chi connectivity index (χ1v) is 14.0. The van der Waals surface area contributed by atoms with Crippen molar-refractivity contribution in [2.24, 2.45) is 0 Å². The van der Waals surface area contributed by atoms with Gasteiger partial charge in [0.15, 0.2) is 0 Å². The molecular formula is C33H39N3O6. The fraction of sp³-hybridized carbons (Fsp3) is 0.364. The Morgan fingerprint density at radius 1 is 0.762 bits per heavy atom. The highest BCUT2D eigenvalue weighted by Gasteiger charge is 2.31. The SMILES string of the molecule is CC(c1ccc(NC(=O)OCC2c3ccccc3-c3ccccc32)cc1)N(NC(=O)OC(C)(C)C)C(=O)OC(C)(C)C. The average Bonchev–Trinajstić information content (AvgIpc) is 3.22. The van der Waals surface area contributed by atoms with Crippen LogP contribution in [0.25, 0.3) is 11.1 Å². The van der Waals surface area contributed by atoms with Crippen molar-refractivity contribution in [3.63, 3.8) is 0 Å².